The molecule has 96 valence electrons. The number of hydrogen-bond donors (Lipinski definition) is 0. The first-order chi connectivity index (χ1) is 7.70. The third-order valence-corrected chi connectivity index (χ3v) is 3.08. The van der Waals surface area contributed by atoms with Crippen molar-refractivity contribution in [1.82, 2.24) is 0 Å². The van der Waals surface area contributed by atoms with Crippen molar-refractivity contribution in [3.8, 4) is 0 Å². The molecule has 0 radical (unpaired) electrons. The highest BCUT2D eigenvalue weighted by Crippen LogP contribution is 2.35. The zero-order valence-corrected chi connectivity index (χ0v) is 10.4. The lowest BCUT2D eigenvalue weighted by molar-refractivity contribution is -0.135. The Kier molecular flexibility index (Phi) is 4.67. The van der Waals surface area contributed by atoms with Gasteiger partial charge in [-0.2, -0.15) is 13.2 Å². The number of halogens is 6. The Labute approximate surface area is 107 Å². The molecule has 1 atom stereocenters. The molecule has 6 heteroatoms. The van der Waals surface area contributed by atoms with Gasteiger partial charge in [-0.3, -0.25) is 0 Å². The second-order valence-electron chi connectivity index (χ2n) is 3.74. The van der Waals surface area contributed by atoms with Crippen molar-refractivity contribution in [2.45, 2.75) is 31.3 Å². The molecule has 0 saturated heterocycles. The molecule has 0 N–H and O–H groups in total. The van der Waals surface area contributed by atoms with Crippen LogP contribution in [0.1, 0.15) is 29.3 Å². The molecule has 0 aliphatic rings. The zero-order chi connectivity index (χ0) is 13.2. The first-order valence-corrected chi connectivity index (χ1v) is 5.68. The molecule has 1 rings (SSSR count). The summed E-state index contributed by atoms with van der Waals surface area (Å²) >= 11 is 11.6. The summed E-state index contributed by atoms with van der Waals surface area (Å²) in [6.07, 6.45) is -5.53. The minimum atomic E-state index is -4.26. The summed E-state index contributed by atoms with van der Waals surface area (Å²) in [5.41, 5.74) is 0.638. The van der Waals surface area contributed by atoms with Gasteiger partial charge in [0.05, 0.1) is 5.38 Å². The molecular weight excluding hydrogens is 279 g/mol. The summed E-state index contributed by atoms with van der Waals surface area (Å²) in [6.45, 7) is 1.50. The van der Waals surface area contributed by atoms with Gasteiger partial charge in [0.2, 0.25) is 0 Å². The van der Waals surface area contributed by atoms with Crippen LogP contribution in [-0.2, 0) is 0 Å². The van der Waals surface area contributed by atoms with Crippen LogP contribution in [0.2, 0.25) is 5.02 Å². The summed E-state index contributed by atoms with van der Waals surface area (Å²) in [5, 5.41) is -0.821. The lowest BCUT2D eigenvalue weighted by atomic mass is 10.0. The van der Waals surface area contributed by atoms with Crippen molar-refractivity contribution < 1.29 is 17.6 Å². The predicted octanol–water partition coefficient (Wildman–Crippen LogP) is 5.41. The Hall–Kier alpha value is -0.480. The summed E-state index contributed by atoms with van der Waals surface area (Å²) in [7, 11) is 0. The number of rotatable bonds is 3. The molecule has 0 bridgehead atoms. The van der Waals surface area contributed by atoms with E-state index in [4.69, 9.17) is 23.2 Å². The summed E-state index contributed by atoms with van der Waals surface area (Å²) in [5.74, 6) is -0.501. The quantitative estimate of drug-likeness (QED) is 0.515. The van der Waals surface area contributed by atoms with Crippen LogP contribution in [0.4, 0.5) is 17.6 Å². The standard InChI is InChI=1S/C11H10Cl2F4/c1-6-4-7(9(13)5-10(6)14)8(12)2-3-11(15,16)17/h4-5,8H,2-3H2,1H3. The minimum absolute atomic E-state index is 0.0512. The van der Waals surface area contributed by atoms with Crippen LogP contribution < -0.4 is 0 Å². The zero-order valence-electron chi connectivity index (χ0n) is 8.91. The Bertz CT molecular complexity index is 401. The third-order valence-electron chi connectivity index (χ3n) is 2.30. The maximum atomic E-state index is 13.1. The molecule has 1 unspecified atom stereocenters. The Morgan fingerprint density at radius 1 is 1.29 bits per heavy atom. The summed E-state index contributed by atoms with van der Waals surface area (Å²) < 4.78 is 49.2. The molecule has 0 saturated carbocycles. The molecule has 0 aliphatic carbocycles. The second-order valence-corrected chi connectivity index (χ2v) is 4.68. The largest absolute Gasteiger partial charge is 0.389 e. The maximum Gasteiger partial charge on any atom is 0.389 e. The molecule has 0 fully saturated rings. The van der Waals surface area contributed by atoms with E-state index in [0.717, 1.165) is 6.07 Å². The summed E-state index contributed by atoms with van der Waals surface area (Å²) in [4.78, 5) is 0. The van der Waals surface area contributed by atoms with Gasteiger partial charge in [-0.25, -0.2) is 4.39 Å². The fourth-order valence-electron chi connectivity index (χ4n) is 1.37. The van der Waals surface area contributed by atoms with Crippen LogP contribution in [0.3, 0.4) is 0 Å². The Morgan fingerprint density at radius 3 is 2.41 bits per heavy atom. The predicted molar refractivity (Wildman–Crippen MR) is 60.0 cm³/mol. The topological polar surface area (TPSA) is 0 Å². The van der Waals surface area contributed by atoms with E-state index in [-0.39, 0.29) is 11.4 Å². The average Bonchev–Trinajstić information content (AvgIpc) is 2.19. The number of hydrogen-bond acceptors (Lipinski definition) is 0. The molecule has 0 nitrogen and oxygen atoms in total. The van der Waals surface area contributed by atoms with E-state index in [1.165, 1.54) is 13.0 Å². The van der Waals surface area contributed by atoms with E-state index in [9.17, 15) is 17.6 Å². The van der Waals surface area contributed by atoms with E-state index in [0.29, 0.717) is 11.1 Å². The first-order valence-electron chi connectivity index (χ1n) is 4.87. The Balaban J connectivity index is 2.82. The highest BCUT2D eigenvalue weighted by Gasteiger charge is 2.28. The molecule has 0 amide bonds. The van der Waals surface area contributed by atoms with Gasteiger partial charge in [0.1, 0.15) is 5.82 Å². The normalized spacial score (nSPS) is 13.8. The van der Waals surface area contributed by atoms with Crippen LogP contribution in [0, 0.1) is 12.7 Å². The van der Waals surface area contributed by atoms with Crippen LogP contribution in [-0.4, -0.2) is 6.18 Å². The molecule has 0 spiro atoms. The van der Waals surface area contributed by atoms with Crippen LogP contribution >= 0.6 is 23.2 Å². The van der Waals surface area contributed by atoms with Crippen LogP contribution in [0.15, 0.2) is 12.1 Å². The molecule has 17 heavy (non-hydrogen) atoms. The van der Waals surface area contributed by atoms with E-state index < -0.39 is 23.8 Å². The lowest BCUT2D eigenvalue weighted by Gasteiger charge is -2.14. The van der Waals surface area contributed by atoms with E-state index >= 15 is 0 Å². The van der Waals surface area contributed by atoms with Crippen LogP contribution in [0.5, 0.6) is 0 Å². The van der Waals surface area contributed by atoms with Crippen molar-refractivity contribution in [3.63, 3.8) is 0 Å². The van der Waals surface area contributed by atoms with Crippen LogP contribution in [0.25, 0.3) is 0 Å². The van der Waals surface area contributed by atoms with Gasteiger partial charge in [-0.15, -0.1) is 11.6 Å². The molecule has 0 aliphatic heterocycles. The van der Waals surface area contributed by atoms with Crippen molar-refractivity contribution in [2.24, 2.45) is 0 Å². The van der Waals surface area contributed by atoms with Crippen molar-refractivity contribution in [2.75, 3.05) is 0 Å². The number of benzene rings is 1. The molecule has 1 aromatic rings. The van der Waals surface area contributed by atoms with E-state index in [1.54, 1.807) is 0 Å². The molecule has 1 aromatic carbocycles. The SMILES string of the molecule is Cc1cc(C(Cl)CCC(F)(F)F)c(Cl)cc1F. The van der Waals surface area contributed by atoms with E-state index in [2.05, 4.69) is 0 Å². The Morgan fingerprint density at radius 2 is 1.88 bits per heavy atom. The van der Waals surface area contributed by atoms with Gasteiger partial charge >= 0.3 is 6.18 Å². The van der Waals surface area contributed by atoms with Gasteiger partial charge in [0.25, 0.3) is 0 Å². The highest BCUT2D eigenvalue weighted by molar-refractivity contribution is 6.32. The first kappa shape index (κ1) is 14.6. The molecular formula is C11H10Cl2F4. The smallest absolute Gasteiger partial charge is 0.207 e. The van der Waals surface area contributed by atoms with E-state index in [1.807, 2.05) is 0 Å². The lowest BCUT2D eigenvalue weighted by Crippen LogP contribution is -2.08. The maximum absolute atomic E-state index is 13.1. The van der Waals surface area contributed by atoms with Gasteiger partial charge in [0, 0.05) is 11.4 Å². The molecule has 0 heterocycles. The monoisotopic (exact) mass is 288 g/mol. The minimum Gasteiger partial charge on any atom is -0.207 e. The molecule has 0 aromatic heterocycles. The number of alkyl halides is 4. The van der Waals surface area contributed by atoms with Gasteiger partial charge in [0.15, 0.2) is 0 Å². The third kappa shape index (κ3) is 4.36. The van der Waals surface area contributed by atoms with Gasteiger partial charge in [-0.05, 0) is 30.5 Å². The van der Waals surface area contributed by atoms with Crippen molar-refractivity contribution in [3.05, 3.63) is 34.1 Å². The highest BCUT2D eigenvalue weighted by atomic mass is 35.5. The van der Waals surface area contributed by atoms with Crippen molar-refractivity contribution >= 4 is 23.2 Å². The fraction of sp³-hybridized carbons (Fsp3) is 0.455. The fourth-order valence-corrected chi connectivity index (χ4v) is 1.99. The van der Waals surface area contributed by atoms with Crippen molar-refractivity contribution in [1.29, 1.82) is 0 Å². The number of aryl methyl sites for hydroxylation is 1. The average molecular weight is 289 g/mol. The van der Waals surface area contributed by atoms with Gasteiger partial charge in [-0.1, -0.05) is 17.7 Å². The second kappa shape index (κ2) is 5.44. The summed E-state index contributed by atoms with van der Waals surface area (Å²) in [6, 6.07) is 2.45. The van der Waals surface area contributed by atoms with Gasteiger partial charge < -0.3 is 0 Å².